The Bertz CT molecular complexity index is 1560. The highest BCUT2D eigenvalue weighted by Gasteiger charge is 2.33. The number of ether oxygens (including phenoxy) is 1. The number of halogens is 2. The van der Waals surface area contributed by atoms with Crippen LogP contribution in [-0.2, 0) is 9.59 Å². The van der Waals surface area contributed by atoms with Gasteiger partial charge in [-0.15, -0.1) is 0 Å². The maximum absolute atomic E-state index is 15.1. The maximum atomic E-state index is 15.1. The van der Waals surface area contributed by atoms with Crippen molar-refractivity contribution in [3.05, 3.63) is 77.1 Å². The number of nitrogens with zero attached hydrogens (tertiary/aromatic N) is 5. The third-order valence-electron chi connectivity index (χ3n) is 7.47. The molecule has 2 amide bonds. The highest BCUT2D eigenvalue weighted by Crippen LogP contribution is 2.43. The minimum Gasteiger partial charge on any atom is -0.507 e. The summed E-state index contributed by atoms with van der Waals surface area (Å²) in [5.74, 6) is -0.241. The summed E-state index contributed by atoms with van der Waals surface area (Å²) in [7, 11) is 3.13. The number of amides is 2. The lowest BCUT2D eigenvalue weighted by molar-refractivity contribution is -0.128. The summed E-state index contributed by atoms with van der Waals surface area (Å²) in [6.07, 6.45) is 1.91. The van der Waals surface area contributed by atoms with Crippen molar-refractivity contribution >= 4 is 41.3 Å². The molecule has 0 bridgehead atoms. The second kappa shape index (κ2) is 13.2. The second-order valence-corrected chi connectivity index (χ2v) is 10.8. The number of piperazine rings is 1. The van der Waals surface area contributed by atoms with Gasteiger partial charge in [0.25, 0.3) is 0 Å². The zero-order chi connectivity index (χ0) is 31.4. The second-order valence-electron chi connectivity index (χ2n) is 10.4. The molecule has 1 unspecified atom stereocenters. The Labute approximate surface area is 255 Å². The zero-order valence-electron chi connectivity index (χ0n) is 24.8. The first-order valence-corrected chi connectivity index (χ1v) is 14.2. The fraction of sp³-hybridized carbons (Fsp3) is 0.312. The van der Waals surface area contributed by atoms with Crippen LogP contribution in [-0.4, -0.2) is 77.9 Å². The van der Waals surface area contributed by atoms with Gasteiger partial charge in [0, 0.05) is 32.7 Å². The lowest BCUT2D eigenvalue weighted by Gasteiger charge is -2.41. The average molecular weight is 608 g/mol. The van der Waals surface area contributed by atoms with Crippen LogP contribution in [0.5, 0.6) is 11.5 Å². The fourth-order valence-electron chi connectivity index (χ4n) is 5.39. The van der Waals surface area contributed by atoms with Gasteiger partial charge < -0.3 is 19.6 Å². The third kappa shape index (κ3) is 6.06. The molecule has 1 aliphatic heterocycles. The average Bonchev–Trinajstić information content (AvgIpc) is 2.99. The number of phenols is 1. The van der Waals surface area contributed by atoms with Crippen molar-refractivity contribution in [2.45, 2.75) is 32.7 Å². The van der Waals surface area contributed by atoms with Crippen LogP contribution in [0.15, 0.2) is 60.1 Å². The Hall–Kier alpha value is -4.44. The number of hydrogen-bond donors (Lipinski definition) is 1. The van der Waals surface area contributed by atoms with E-state index >= 15 is 4.39 Å². The van der Waals surface area contributed by atoms with Gasteiger partial charge in [0.1, 0.15) is 23.2 Å². The van der Waals surface area contributed by atoms with E-state index in [0.717, 1.165) is 5.56 Å². The summed E-state index contributed by atoms with van der Waals surface area (Å²) in [6, 6.07) is 10.8. The Kier molecular flexibility index (Phi) is 9.70. The van der Waals surface area contributed by atoms with Crippen LogP contribution in [0.3, 0.4) is 0 Å². The molecule has 3 aromatic rings. The lowest BCUT2D eigenvalue weighted by Crippen LogP contribution is -2.55. The van der Waals surface area contributed by atoms with Crippen molar-refractivity contribution < 1.29 is 23.8 Å². The number of carbonyl (C=O) groups excluding carboxylic acids is 2. The number of benzene rings is 2. The summed E-state index contributed by atoms with van der Waals surface area (Å²) >= 11 is 6.76. The lowest BCUT2D eigenvalue weighted by atomic mass is 9.99. The van der Waals surface area contributed by atoms with Crippen molar-refractivity contribution in [3.63, 3.8) is 0 Å². The van der Waals surface area contributed by atoms with Crippen LogP contribution in [0.2, 0.25) is 5.02 Å². The molecule has 1 atom stereocenters. The molecule has 0 saturated carbocycles. The number of rotatable bonds is 8. The highest BCUT2D eigenvalue weighted by atomic mass is 35.5. The first-order valence-electron chi connectivity index (χ1n) is 13.8. The molecule has 226 valence electrons. The Morgan fingerprint density at radius 2 is 2.00 bits per heavy atom. The standard InChI is InChI=1S/C32H35ClFN5O4/c1-7-27(42)37-14-15-38(20(4)17-37)31(35-5)22-16-23(33)29(28-24(34)11-9-12-25(28)41)36-32(22)39(18-40)30-21(19(2)3)10-8-13-26(30)43-6/h7-13,16,18-20,41H,1,14-15,17H2,2-6H3. The number of aromatic hydroxyl groups is 1. The van der Waals surface area contributed by atoms with E-state index in [1.54, 1.807) is 24.1 Å². The van der Waals surface area contributed by atoms with Gasteiger partial charge in [0.05, 0.1) is 34.6 Å². The van der Waals surface area contributed by atoms with Crippen LogP contribution in [0.4, 0.5) is 15.9 Å². The summed E-state index contributed by atoms with van der Waals surface area (Å²) in [6.45, 7) is 10.8. The predicted molar refractivity (Wildman–Crippen MR) is 167 cm³/mol. The number of methoxy groups -OCH3 is 1. The molecule has 1 aliphatic rings. The topological polar surface area (TPSA) is 98.6 Å². The van der Waals surface area contributed by atoms with Crippen molar-refractivity contribution in [1.82, 2.24) is 14.8 Å². The summed E-state index contributed by atoms with van der Waals surface area (Å²) in [5, 5.41) is 10.7. The molecular weight excluding hydrogens is 573 g/mol. The molecule has 2 heterocycles. The number of para-hydroxylation sites is 1. The molecule has 2 aromatic carbocycles. The number of aliphatic imine (C=N–C) groups is 1. The highest BCUT2D eigenvalue weighted by molar-refractivity contribution is 6.33. The van der Waals surface area contributed by atoms with Crippen LogP contribution in [0, 0.1) is 5.82 Å². The summed E-state index contributed by atoms with van der Waals surface area (Å²) in [4.78, 5) is 39.8. The van der Waals surface area contributed by atoms with Crippen LogP contribution in [0.1, 0.15) is 37.8 Å². The van der Waals surface area contributed by atoms with Gasteiger partial charge in [-0.05, 0) is 48.7 Å². The van der Waals surface area contributed by atoms with E-state index in [4.69, 9.17) is 21.3 Å². The molecule has 0 spiro atoms. The molecule has 0 aliphatic carbocycles. The van der Waals surface area contributed by atoms with Gasteiger partial charge in [0.2, 0.25) is 12.3 Å². The zero-order valence-corrected chi connectivity index (χ0v) is 25.6. The number of anilines is 2. The van der Waals surface area contributed by atoms with Gasteiger partial charge in [0.15, 0.2) is 5.82 Å². The van der Waals surface area contributed by atoms with E-state index in [2.05, 4.69) is 11.6 Å². The molecule has 1 N–H and O–H groups in total. The molecule has 11 heteroatoms. The quantitative estimate of drug-likeness (QED) is 0.151. The van der Waals surface area contributed by atoms with Crippen LogP contribution < -0.4 is 9.64 Å². The van der Waals surface area contributed by atoms with Crippen LogP contribution >= 0.6 is 11.6 Å². The van der Waals surface area contributed by atoms with E-state index in [1.165, 1.54) is 36.3 Å². The van der Waals surface area contributed by atoms with Crippen molar-refractivity contribution in [2.75, 3.05) is 38.7 Å². The molecule has 43 heavy (non-hydrogen) atoms. The number of phenolic OH excluding ortho intramolecular Hbond substituents is 1. The van der Waals surface area contributed by atoms with Gasteiger partial charge >= 0.3 is 0 Å². The number of amidine groups is 1. The predicted octanol–water partition coefficient (Wildman–Crippen LogP) is 5.77. The number of hydrogen-bond acceptors (Lipinski definition) is 6. The van der Waals surface area contributed by atoms with Crippen molar-refractivity contribution in [2.24, 2.45) is 4.99 Å². The van der Waals surface area contributed by atoms with Crippen LogP contribution in [0.25, 0.3) is 11.3 Å². The number of aromatic nitrogens is 1. The molecular formula is C32H35ClFN5O4. The normalized spacial score (nSPS) is 15.4. The maximum Gasteiger partial charge on any atom is 0.246 e. The third-order valence-corrected chi connectivity index (χ3v) is 7.76. The van der Waals surface area contributed by atoms with E-state index < -0.39 is 5.82 Å². The van der Waals surface area contributed by atoms with Gasteiger partial charge in [-0.3, -0.25) is 19.5 Å². The van der Waals surface area contributed by atoms with Crippen molar-refractivity contribution in [3.8, 4) is 22.8 Å². The molecule has 4 rings (SSSR count). The summed E-state index contributed by atoms with van der Waals surface area (Å²) in [5.41, 5.74) is 1.42. The minimum absolute atomic E-state index is 0.00630. The Balaban J connectivity index is 2.00. The van der Waals surface area contributed by atoms with Gasteiger partial charge in [-0.25, -0.2) is 9.37 Å². The molecule has 1 aromatic heterocycles. The largest absolute Gasteiger partial charge is 0.507 e. The van der Waals surface area contributed by atoms with Crippen molar-refractivity contribution in [1.29, 1.82) is 0 Å². The van der Waals surface area contributed by atoms with E-state index in [-0.39, 0.29) is 45.7 Å². The Morgan fingerprint density at radius 3 is 2.58 bits per heavy atom. The smallest absolute Gasteiger partial charge is 0.246 e. The fourth-order valence-corrected chi connectivity index (χ4v) is 5.64. The molecule has 1 saturated heterocycles. The molecule has 0 radical (unpaired) electrons. The first kappa shape index (κ1) is 31.5. The first-order chi connectivity index (χ1) is 20.6. The molecule has 9 nitrogen and oxygen atoms in total. The van der Waals surface area contributed by atoms with Gasteiger partial charge in [-0.2, -0.15) is 0 Å². The SMILES string of the molecule is C=CC(=O)N1CCN(C(=NC)c2cc(Cl)c(-c3c(O)cccc3F)nc2N(C=O)c2c(OC)cccc2C(C)C)C(C)C1. The summed E-state index contributed by atoms with van der Waals surface area (Å²) < 4.78 is 20.8. The van der Waals surface area contributed by atoms with Gasteiger partial charge in [-0.1, -0.05) is 50.2 Å². The number of pyridine rings is 1. The number of carbonyl (C=O) groups is 2. The minimum atomic E-state index is -0.730. The monoisotopic (exact) mass is 607 g/mol. The van der Waals surface area contributed by atoms with E-state index in [9.17, 15) is 14.7 Å². The van der Waals surface area contributed by atoms with E-state index in [1.807, 2.05) is 37.8 Å². The van der Waals surface area contributed by atoms with E-state index in [0.29, 0.717) is 48.9 Å². The molecule has 1 fully saturated rings. The Morgan fingerprint density at radius 1 is 1.28 bits per heavy atom.